The van der Waals surface area contributed by atoms with Crippen molar-refractivity contribution in [3.63, 3.8) is 0 Å². The lowest BCUT2D eigenvalue weighted by molar-refractivity contribution is -0.438. The van der Waals surface area contributed by atoms with Crippen LogP contribution in [-0.2, 0) is 91.9 Å². The minimum absolute atomic E-state index is 0.0132. The molecule has 0 amide bonds. The van der Waals surface area contributed by atoms with Gasteiger partial charge in [0.05, 0.1) is 68.9 Å². The molecule has 0 N–H and O–H groups in total. The molecule has 2 unspecified atom stereocenters. The molecule has 3 aromatic rings. The third-order valence-electron chi connectivity index (χ3n) is 13.7. The highest BCUT2D eigenvalue weighted by Crippen LogP contribution is 2.51. The molecule has 2 aliphatic rings. The number of rotatable bonds is 30. The molecule has 0 aliphatic carbocycles. The highest BCUT2D eigenvalue weighted by molar-refractivity contribution is 7.87. The summed E-state index contributed by atoms with van der Waals surface area (Å²) in [7, 11) is -15.2. The molecule has 29 heteroatoms. The Labute approximate surface area is 464 Å². The Bertz CT molecular complexity index is 3540. The summed E-state index contributed by atoms with van der Waals surface area (Å²) in [5.41, 5.74) is 1.65. The lowest BCUT2D eigenvalue weighted by Crippen LogP contribution is -2.32. The van der Waals surface area contributed by atoms with Crippen molar-refractivity contribution >= 4 is 73.6 Å². The average molecular weight is 1230 g/mol. The lowest BCUT2D eigenvalue weighted by atomic mass is 9.76. The number of hydrogen-bond acceptors (Lipinski definition) is 19. The molecular weight excluding hydrogens is 1160 g/mol. The van der Waals surface area contributed by atoms with E-state index in [9.17, 15) is 64.4 Å². The van der Waals surface area contributed by atoms with Crippen LogP contribution >= 0.6 is 0 Å². The van der Waals surface area contributed by atoms with Gasteiger partial charge in [0, 0.05) is 61.0 Å². The molecule has 2 atom stereocenters. The maximum atomic E-state index is 14.8. The van der Waals surface area contributed by atoms with Gasteiger partial charge >= 0.3 is 16.1 Å². The van der Waals surface area contributed by atoms with E-state index in [4.69, 9.17) is 13.1 Å². The van der Waals surface area contributed by atoms with E-state index in [2.05, 4.69) is 17.3 Å². The Balaban J connectivity index is 1.49. The van der Waals surface area contributed by atoms with E-state index in [0.29, 0.717) is 54.0 Å². The van der Waals surface area contributed by atoms with E-state index in [-0.39, 0.29) is 73.0 Å². The van der Waals surface area contributed by atoms with E-state index in [1.165, 1.54) is 31.4 Å². The summed E-state index contributed by atoms with van der Waals surface area (Å²) < 4.78 is 219. The number of unbranched alkanes of at least 4 members (excludes halogenated alkanes) is 2. The van der Waals surface area contributed by atoms with Gasteiger partial charge < -0.3 is 14.4 Å². The van der Waals surface area contributed by atoms with Gasteiger partial charge in [-0.05, 0) is 94.3 Å². The molecule has 0 saturated carbocycles. The van der Waals surface area contributed by atoms with Gasteiger partial charge in [0.2, 0.25) is 23.1 Å². The van der Waals surface area contributed by atoms with Crippen LogP contribution < -0.4 is 9.64 Å². The van der Waals surface area contributed by atoms with Gasteiger partial charge in [-0.2, -0.15) is 55.4 Å². The fourth-order valence-electron chi connectivity index (χ4n) is 9.48. The third-order valence-corrected chi connectivity index (χ3v) is 20.1. The SMILES string of the molecule is COCCN1/C(=C/C=C/C=C/C=C/C2=[N+](CCCCCC(=O)Oc3c(F)c(F)c(S(=O)(=O)OC)c(F)c3F)c3ccc(S(=O)(=O)OC)cc3C2(C)CCCS(=O)(=O)OC)C(C)(CCCS(=O)(=O)OC)c2cc(S(=O)(=O)OC)ccc21. The molecule has 5 rings (SSSR count). The first kappa shape index (κ1) is 65.6. The number of anilines is 1. The van der Waals surface area contributed by atoms with Crippen LogP contribution in [0.2, 0.25) is 0 Å². The number of methoxy groups -OCH3 is 1. The first-order chi connectivity index (χ1) is 37.5. The van der Waals surface area contributed by atoms with E-state index in [1.54, 1.807) is 48.6 Å². The molecule has 0 fully saturated rings. The quantitative estimate of drug-likeness (QED) is 0.00929. The molecule has 3 aromatic carbocycles. The van der Waals surface area contributed by atoms with Crippen LogP contribution in [0.3, 0.4) is 0 Å². The minimum atomic E-state index is -5.25. The topological polar surface area (TPSA) is 259 Å². The molecule has 0 saturated heterocycles. The molecular formula is C51H63F4N2O18S5+. The molecule has 2 heterocycles. The van der Waals surface area contributed by atoms with Crippen LogP contribution in [0.1, 0.15) is 76.3 Å². The van der Waals surface area contributed by atoms with E-state index < -0.39 is 108 Å². The molecule has 0 spiro atoms. The number of allylic oxidation sites excluding steroid dienone is 8. The molecule has 0 radical (unpaired) electrons. The average Bonchev–Trinajstić information content (AvgIpc) is 3.99. The van der Waals surface area contributed by atoms with Crippen LogP contribution in [0.4, 0.5) is 28.9 Å². The number of halogens is 4. The number of carbonyl (C=O) groups excluding carboxylic acids is 1. The number of esters is 1. The number of benzene rings is 3. The van der Waals surface area contributed by atoms with Gasteiger partial charge in [0.15, 0.2) is 22.2 Å². The molecule has 20 nitrogen and oxygen atoms in total. The third kappa shape index (κ3) is 14.7. The van der Waals surface area contributed by atoms with Crippen LogP contribution in [0, 0.1) is 23.3 Å². The largest absolute Gasteiger partial charge is 0.420 e. The maximum absolute atomic E-state index is 14.8. The second-order valence-electron chi connectivity index (χ2n) is 18.5. The van der Waals surface area contributed by atoms with Gasteiger partial charge in [-0.25, -0.2) is 8.78 Å². The van der Waals surface area contributed by atoms with Crippen molar-refractivity contribution in [2.45, 2.75) is 90.7 Å². The summed E-state index contributed by atoms with van der Waals surface area (Å²) in [4.78, 5) is 12.4. The zero-order valence-corrected chi connectivity index (χ0v) is 49.1. The normalized spacial score (nSPS) is 18.6. The van der Waals surface area contributed by atoms with Crippen LogP contribution in [0.5, 0.6) is 5.75 Å². The molecule has 0 bridgehead atoms. The van der Waals surface area contributed by atoms with E-state index >= 15 is 0 Å². The van der Waals surface area contributed by atoms with Crippen molar-refractivity contribution in [3.05, 3.63) is 119 Å². The predicted molar refractivity (Wildman–Crippen MR) is 285 cm³/mol. The zero-order chi connectivity index (χ0) is 59.6. The number of carbonyl (C=O) groups is 1. The van der Waals surface area contributed by atoms with Gasteiger partial charge in [-0.3, -0.25) is 25.7 Å². The Morgan fingerprint density at radius 1 is 0.600 bits per heavy atom. The highest BCUT2D eigenvalue weighted by atomic mass is 32.2. The summed E-state index contributed by atoms with van der Waals surface area (Å²) in [6, 6.07) is 8.94. The predicted octanol–water partition coefficient (Wildman–Crippen LogP) is 7.26. The first-order valence-electron chi connectivity index (χ1n) is 24.4. The molecule has 2 aliphatic heterocycles. The number of ether oxygens (including phenoxy) is 2. The molecule has 442 valence electrons. The Morgan fingerprint density at radius 2 is 1.12 bits per heavy atom. The maximum Gasteiger partial charge on any atom is 0.311 e. The minimum Gasteiger partial charge on any atom is -0.420 e. The van der Waals surface area contributed by atoms with Crippen molar-refractivity contribution in [1.82, 2.24) is 0 Å². The summed E-state index contributed by atoms with van der Waals surface area (Å²) in [5, 5.41) is 0. The Kier molecular flexibility index (Phi) is 22.0. The summed E-state index contributed by atoms with van der Waals surface area (Å²) in [6.07, 6.45) is 12.8. The molecule has 0 aromatic heterocycles. The molecule has 80 heavy (non-hydrogen) atoms. The van der Waals surface area contributed by atoms with E-state index in [1.807, 2.05) is 29.4 Å². The fraction of sp³-hybridized carbons (Fsp3) is 0.451. The van der Waals surface area contributed by atoms with E-state index in [0.717, 1.165) is 28.4 Å². The number of hydrogen-bond donors (Lipinski definition) is 0. The van der Waals surface area contributed by atoms with Crippen molar-refractivity contribution in [3.8, 4) is 5.75 Å². The van der Waals surface area contributed by atoms with Crippen LogP contribution in [0.15, 0.2) is 99.3 Å². The van der Waals surface area contributed by atoms with Gasteiger partial charge in [-0.1, -0.05) is 30.4 Å². The summed E-state index contributed by atoms with van der Waals surface area (Å²) >= 11 is 0. The van der Waals surface area contributed by atoms with Crippen molar-refractivity contribution in [1.29, 1.82) is 0 Å². The second-order valence-corrected chi connectivity index (χ2v) is 27.3. The smallest absolute Gasteiger partial charge is 0.311 e. The van der Waals surface area contributed by atoms with Crippen LogP contribution in [-0.4, -0.2) is 132 Å². The Morgan fingerprint density at radius 3 is 1.68 bits per heavy atom. The first-order valence-corrected chi connectivity index (χ1v) is 31.8. The number of fused-ring (bicyclic) bond motifs is 2. The summed E-state index contributed by atoms with van der Waals surface area (Å²) in [6.45, 7) is 4.52. The fourth-order valence-corrected chi connectivity index (χ4v) is 13.0. The van der Waals surface area contributed by atoms with Crippen LogP contribution in [0.25, 0.3) is 0 Å². The standard InChI is InChI=1S/C51H63F4N2O18S5/c1-50(26-17-31-76(59,60)70-4)37-33-35(78(63,64)72-6)22-24-39(37)56(28-16-12-15-21-43(58)75-48-44(52)46(54)49(47(55)45(48)53)80(67,68)74-8)41(50)19-13-10-9-11-14-20-42-51(2,27-18-32-77(61,62)71-5)38-34-36(79(65,66)73-7)23-25-40(38)57(42)29-30-69-3/h9-11,13-14,19-20,22-25,33-34H,12,15-18,21,26-32H2,1-8H3/q+1. The van der Waals surface area contributed by atoms with Crippen molar-refractivity contribution < 1.29 is 99.4 Å². The second kappa shape index (κ2) is 26.8. The van der Waals surface area contributed by atoms with Gasteiger partial charge in [-0.15, -0.1) is 0 Å². The zero-order valence-electron chi connectivity index (χ0n) is 45.0. The highest BCUT2D eigenvalue weighted by Gasteiger charge is 2.48. The van der Waals surface area contributed by atoms with Crippen molar-refractivity contribution in [2.75, 3.05) is 78.8 Å². The van der Waals surface area contributed by atoms with Gasteiger partial charge in [0.25, 0.3) is 40.5 Å². The van der Waals surface area contributed by atoms with Crippen molar-refractivity contribution in [2.24, 2.45) is 0 Å². The van der Waals surface area contributed by atoms with Gasteiger partial charge in [0.1, 0.15) is 6.54 Å². The lowest BCUT2D eigenvalue weighted by Gasteiger charge is -2.30. The number of nitrogens with zero attached hydrogens (tertiary/aromatic N) is 2. The Hall–Kier alpha value is -5.21. The monoisotopic (exact) mass is 1230 g/mol. The summed E-state index contributed by atoms with van der Waals surface area (Å²) in [5.74, 6) is -13.1.